The Morgan fingerprint density at radius 3 is 2.95 bits per heavy atom. The van der Waals surface area contributed by atoms with Crippen molar-refractivity contribution in [1.82, 2.24) is 15.0 Å². The lowest BCUT2D eigenvalue weighted by molar-refractivity contribution is 0.0953. The third-order valence-electron chi connectivity index (χ3n) is 2.76. The Bertz CT molecular complexity index is 712. The van der Waals surface area contributed by atoms with Gasteiger partial charge < -0.3 is 0 Å². The van der Waals surface area contributed by atoms with Gasteiger partial charge in [-0.1, -0.05) is 0 Å². The van der Waals surface area contributed by atoms with Crippen LogP contribution in [0.3, 0.4) is 0 Å². The second-order valence-corrected chi connectivity index (χ2v) is 4.32. The monoisotopic (exact) mass is 276 g/mol. The highest BCUT2D eigenvalue weighted by Crippen LogP contribution is 2.12. The lowest BCUT2D eigenvalue weighted by Gasteiger charge is -2.08. The average Bonchev–Trinajstić information content (AvgIpc) is 2.44. The van der Waals surface area contributed by atoms with E-state index in [-0.39, 0.29) is 17.7 Å². The van der Waals surface area contributed by atoms with E-state index in [0.29, 0.717) is 0 Å². The second-order valence-electron chi connectivity index (χ2n) is 4.32. The van der Waals surface area contributed by atoms with Crippen LogP contribution < -0.4 is 17.0 Å². The Morgan fingerprint density at radius 1 is 1.50 bits per heavy atom. The molecule has 2 aromatic rings. The molecule has 0 fully saturated rings. The van der Waals surface area contributed by atoms with Gasteiger partial charge in [0, 0.05) is 23.5 Å². The predicted octanol–water partition coefficient (Wildman–Crippen LogP) is 0.343. The van der Waals surface area contributed by atoms with Gasteiger partial charge in [0.2, 0.25) is 0 Å². The van der Waals surface area contributed by atoms with E-state index in [2.05, 4.69) is 4.98 Å². The molecule has 0 saturated heterocycles. The van der Waals surface area contributed by atoms with Crippen molar-refractivity contribution < 1.29 is 9.18 Å². The molecule has 7 heteroatoms. The fraction of sp³-hybridized carbons (Fsp3) is 0.154. The second kappa shape index (κ2) is 5.62. The van der Waals surface area contributed by atoms with E-state index in [4.69, 9.17) is 5.84 Å². The molecule has 1 aromatic heterocycles. The minimum atomic E-state index is -0.527. The van der Waals surface area contributed by atoms with Gasteiger partial charge in [-0.3, -0.25) is 14.8 Å². The molecule has 0 saturated carbocycles. The van der Waals surface area contributed by atoms with Crippen LogP contribution in [-0.4, -0.2) is 15.5 Å². The van der Waals surface area contributed by atoms with Crippen LogP contribution in [0, 0.1) is 12.7 Å². The van der Waals surface area contributed by atoms with Gasteiger partial charge in [0.15, 0.2) is 0 Å². The van der Waals surface area contributed by atoms with E-state index in [9.17, 15) is 14.0 Å². The number of halogens is 1. The predicted molar refractivity (Wildman–Crippen MR) is 70.4 cm³/mol. The summed E-state index contributed by atoms with van der Waals surface area (Å²) < 4.78 is 15.0. The number of hydrogen-bond acceptors (Lipinski definition) is 4. The van der Waals surface area contributed by atoms with E-state index < -0.39 is 17.4 Å². The topological polar surface area (TPSA) is 90.0 Å². The number of benzene rings is 1. The highest BCUT2D eigenvalue weighted by atomic mass is 19.1. The standard InChI is InChI=1S/C13H13FN4O2/c1-8-5-16-13(20)18(6-8)7-10-4-9(12(19)17-15)2-3-11(10)14/h2-6H,7,15H2,1H3,(H,17,19). The molecule has 0 radical (unpaired) electrons. The van der Waals surface area contributed by atoms with Crippen molar-refractivity contribution in [2.45, 2.75) is 13.5 Å². The summed E-state index contributed by atoms with van der Waals surface area (Å²) in [5.41, 5.74) is 2.69. The number of hydrazine groups is 1. The molecule has 0 unspecified atom stereocenters. The van der Waals surface area contributed by atoms with Crippen molar-refractivity contribution in [3.8, 4) is 0 Å². The van der Waals surface area contributed by atoms with Crippen LogP contribution in [0.4, 0.5) is 4.39 Å². The number of nitrogen functional groups attached to an aromatic ring is 1. The average molecular weight is 276 g/mol. The highest BCUT2D eigenvalue weighted by Gasteiger charge is 2.10. The molecule has 20 heavy (non-hydrogen) atoms. The Labute approximate surface area is 114 Å². The number of nitrogens with two attached hydrogens (primary N) is 1. The number of nitrogens with one attached hydrogen (secondary N) is 1. The van der Waals surface area contributed by atoms with Gasteiger partial charge in [0.1, 0.15) is 5.82 Å². The SMILES string of the molecule is Cc1cnc(=O)n(Cc2cc(C(=O)NN)ccc2F)c1. The van der Waals surface area contributed by atoms with Gasteiger partial charge in [-0.15, -0.1) is 0 Å². The molecule has 0 spiro atoms. The lowest BCUT2D eigenvalue weighted by atomic mass is 10.1. The zero-order valence-corrected chi connectivity index (χ0v) is 10.8. The third kappa shape index (κ3) is 2.89. The molecule has 1 aromatic carbocycles. The summed E-state index contributed by atoms with van der Waals surface area (Å²) in [6, 6.07) is 3.83. The van der Waals surface area contributed by atoms with E-state index in [1.54, 1.807) is 13.1 Å². The number of carbonyl (C=O) groups is 1. The maximum absolute atomic E-state index is 13.8. The summed E-state index contributed by atoms with van der Waals surface area (Å²) in [7, 11) is 0. The van der Waals surface area contributed by atoms with Crippen molar-refractivity contribution in [3.05, 3.63) is 63.6 Å². The molecule has 0 aliphatic heterocycles. The maximum atomic E-state index is 13.8. The van der Waals surface area contributed by atoms with Crippen LogP contribution in [0.5, 0.6) is 0 Å². The number of hydrogen-bond donors (Lipinski definition) is 2. The Kier molecular flexibility index (Phi) is 3.90. The fourth-order valence-corrected chi connectivity index (χ4v) is 1.78. The van der Waals surface area contributed by atoms with E-state index in [1.807, 2.05) is 5.43 Å². The molecule has 0 aliphatic rings. The summed E-state index contributed by atoms with van der Waals surface area (Å²) in [5.74, 6) is 4.00. The fourth-order valence-electron chi connectivity index (χ4n) is 1.78. The normalized spacial score (nSPS) is 10.3. The summed E-state index contributed by atoms with van der Waals surface area (Å²) >= 11 is 0. The first-order chi connectivity index (χ1) is 9.51. The molecule has 1 amide bonds. The zero-order chi connectivity index (χ0) is 14.7. The van der Waals surface area contributed by atoms with Crippen LogP contribution in [0.1, 0.15) is 21.5 Å². The number of carbonyl (C=O) groups excluding carboxylic acids is 1. The van der Waals surface area contributed by atoms with Crippen molar-refractivity contribution >= 4 is 5.91 Å². The number of amides is 1. The van der Waals surface area contributed by atoms with E-state index in [1.165, 1.54) is 22.9 Å². The number of aromatic nitrogens is 2. The molecule has 1 heterocycles. The van der Waals surface area contributed by atoms with Crippen molar-refractivity contribution in [1.29, 1.82) is 0 Å². The molecule has 6 nitrogen and oxygen atoms in total. The smallest absolute Gasteiger partial charge is 0.294 e. The Hall–Kier alpha value is -2.54. The minimum absolute atomic E-state index is 0.00889. The first kappa shape index (κ1) is 13.9. The molecule has 0 aliphatic carbocycles. The van der Waals surface area contributed by atoms with Crippen LogP contribution in [0.15, 0.2) is 35.4 Å². The van der Waals surface area contributed by atoms with Crippen molar-refractivity contribution in [3.63, 3.8) is 0 Å². The number of aryl methyl sites for hydroxylation is 1. The number of rotatable bonds is 3. The molecule has 104 valence electrons. The van der Waals surface area contributed by atoms with Gasteiger partial charge in [-0.2, -0.15) is 0 Å². The lowest BCUT2D eigenvalue weighted by Crippen LogP contribution is -2.30. The molecule has 0 bridgehead atoms. The molecular formula is C13H13FN4O2. The van der Waals surface area contributed by atoms with Gasteiger partial charge >= 0.3 is 5.69 Å². The third-order valence-corrected chi connectivity index (χ3v) is 2.76. The summed E-state index contributed by atoms with van der Waals surface area (Å²) in [6.07, 6.45) is 3.01. The van der Waals surface area contributed by atoms with Crippen LogP contribution in [0.2, 0.25) is 0 Å². The van der Waals surface area contributed by atoms with Gasteiger partial charge in [0.25, 0.3) is 5.91 Å². The van der Waals surface area contributed by atoms with Gasteiger partial charge in [-0.25, -0.2) is 20.0 Å². The van der Waals surface area contributed by atoms with E-state index >= 15 is 0 Å². The maximum Gasteiger partial charge on any atom is 0.347 e. The first-order valence-electron chi connectivity index (χ1n) is 5.83. The highest BCUT2D eigenvalue weighted by molar-refractivity contribution is 5.93. The van der Waals surface area contributed by atoms with Gasteiger partial charge in [-0.05, 0) is 30.7 Å². The Morgan fingerprint density at radius 2 is 2.25 bits per heavy atom. The summed E-state index contributed by atoms with van der Waals surface area (Å²) in [5, 5.41) is 0. The number of nitrogens with zero attached hydrogens (tertiary/aromatic N) is 2. The molecule has 0 atom stereocenters. The van der Waals surface area contributed by atoms with Crippen LogP contribution >= 0.6 is 0 Å². The van der Waals surface area contributed by atoms with Crippen molar-refractivity contribution in [2.75, 3.05) is 0 Å². The van der Waals surface area contributed by atoms with Crippen molar-refractivity contribution in [2.24, 2.45) is 5.84 Å². The molecule has 2 rings (SSSR count). The van der Waals surface area contributed by atoms with E-state index in [0.717, 1.165) is 11.6 Å². The summed E-state index contributed by atoms with van der Waals surface area (Å²) in [6.45, 7) is 1.77. The Balaban J connectivity index is 2.40. The quantitative estimate of drug-likeness (QED) is 0.480. The molecular weight excluding hydrogens is 263 g/mol. The minimum Gasteiger partial charge on any atom is -0.294 e. The molecule has 3 N–H and O–H groups in total. The first-order valence-corrected chi connectivity index (χ1v) is 5.83. The zero-order valence-electron chi connectivity index (χ0n) is 10.8. The van der Waals surface area contributed by atoms with Gasteiger partial charge in [0.05, 0.1) is 6.54 Å². The largest absolute Gasteiger partial charge is 0.347 e. The van der Waals surface area contributed by atoms with Crippen LogP contribution in [-0.2, 0) is 6.54 Å². The summed E-state index contributed by atoms with van der Waals surface area (Å²) in [4.78, 5) is 26.7. The van der Waals surface area contributed by atoms with Crippen LogP contribution in [0.25, 0.3) is 0 Å².